The monoisotopic (exact) mass is 474 g/mol. The Morgan fingerprint density at radius 3 is 2.47 bits per heavy atom. The van der Waals surface area contributed by atoms with Crippen LogP contribution in [0.4, 0.5) is 5.69 Å². The summed E-state index contributed by atoms with van der Waals surface area (Å²) >= 11 is 1.35. The highest BCUT2D eigenvalue weighted by molar-refractivity contribution is 8.18. The van der Waals surface area contributed by atoms with Crippen molar-refractivity contribution in [1.29, 1.82) is 0 Å². The highest BCUT2D eigenvalue weighted by atomic mass is 32.2. The third kappa shape index (κ3) is 4.99. The van der Waals surface area contributed by atoms with E-state index in [1.165, 1.54) is 18.9 Å². The van der Waals surface area contributed by atoms with Gasteiger partial charge in [-0.15, -0.1) is 0 Å². The molecule has 0 aliphatic carbocycles. The van der Waals surface area contributed by atoms with Gasteiger partial charge in [-0.1, -0.05) is 36.8 Å². The maximum Gasteiger partial charge on any atom is 0.337 e. The molecule has 3 aromatic rings. The molecule has 1 atom stereocenters. The number of thioether (sulfide) groups is 1. The summed E-state index contributed by atoms with van der Waals surface area (Å²) in [5, 5.41) is 0.666. The Labute approximate surface area is 203 Å². The molecule has 6 nitrogen and oxygen atoms in total. The molecule has 0 bridgehead atoms. The van der Waals surface area contributed by atoms with E-state index in [1.807, 2.05) is 50.2 Å². The molecule has 1 aliphatic heterocycles. The van der Waals surface area contributed by atoms with Crippen LogP contribution in [-0.4, -0.2) is 35.1 Å². The van der Waals surface area contributed by atoms with Crippen LogP contribution < -0.4 is 0 Å². The lowest BCUT2D eigenvalue weighted by atomic mass is 10.1. The number of amidine groups is 1. The molecule has 0 saturated carbocycles. The van der Waals surface area contributed by atoms with Crippen molar-refractivity contribution in [3.05, 3.63) is 82.5 Å². The number of benzene rings is 2. The molecular formula is C27H26N2O4S. The SMILES string of the molecule is CC[C@@H](C)N1C(=O)/C(=C\c2ccc(-c3ccc(C(=O)OC)cc3)o2)SC1=Nc1ccc(C)cc1. The molecule has 1 aromatic heterocycles. The number of hydrogen-bond donors (Lipinski definition) is 0. The second kappa shape index (κ2) is 10.1. The highest BCUT2D eigenvalue weighted by Crippen LogP contribution is 2.36. The van der Waals surface area contributed by atoms with E-state index in [1.54, 1.807) is 35.2 Å². The summed E-state index contributed by atoms with van der Waals surface area (Å²) in [5.74, 6) is 0.752. The van der Waals surface area contributed by atoms with Crippen LogP contribution in [0.3, 0.4) is 0 Å². The van der Waals surface area contributed by atoms with E-state index in [-0.39, 0.29) is 17.9 Å². The number of furan rings is 1. The molecule has 1 aliphatic rings. The average molecular weight is 475 g/mol. The third-order valence-electron chi connectivity index (χ3n) is 5.62. The Bertz CT molecular complexity index is 1260. The number of nitrogens with zero attached hydrogens (tertiary/aromatic N) is 2. The van der Waals surface area contributed by atoms with Gasteiger partial charge in [0.25, 0.3) is 5.91 Å². The van der Waals surface area contributed by atoms with Gasteiger partial charge in [0, 0.05) is 17.7 Å². The van der Waals surface area contributed by atoms with Crippen molar-refractivity contribution in [3.8, 4) is 11.3 Å². The predicted octanol–water partition coefficient (Wildman–Crippen LogP) is 6.44. The first-order valence-corrected chi connectivity index (χ1v) is 11.9. The lowest BCUT2D eigenvalue weighted by Crippen LogP contribution is -2.36. The number of carbonyl (C=O) groups excluding carboxylic acids is 2. The summed E-state index contributed by atoms with van der Waals surface area (Å²) in [6, 6.07) is 18.6. The van der Waals surface area contributed by atoms with Gasteiger partial charge in [-0.05, 0) is 68.4 Å². The van der Waals surface area contributed by atoms with Crippen molar-refractivity contribution >= 4 is 40.6 Å². The van der Waals surface area contributed by atoms with Gasteiger partial charge in [-0.25, -0.2) is 9.79 Å². The number of carbonyl (C=O) groups is 2. The molecular weight excluding hydrogens is 448 g/mol. The van der Waals surface area contributed by atoms with E-state index in [4.69, 9.17) is 14.1 Å². The maximum atomic E-state index is 13.2. The van der Waals surface area contributed by atoms with Crippen LogP contribution in [0.2, 0.25) is 0 Å². The van der Waals surface area contributed by atoms with Crippen LogP contribution in [0.15, 0.2) is 75.0 Å². The van der Waals surface area contributed by atoms with Crippen LogP contribution in [0.25, 0.3) is 17.4 Å². The number of ether oxygens (including phenoxy) is 1. The number of esters is 1. The zero-order chi connectivity index (χ0) is 24.2. The highest BCUT2D eigenvalue weighted by Gasteiger charge is 2.36. The topological polar surface area (TPSA) is 72.1 Å². The van der Waals surface area contributed by atoms with Crippen molar-refractivity contribution in [3.63, 3.8) is 0 Å². The van der Waals surface area contributed by atoms with Crippen molar-refractivity contribution in [2.24, 2.45) is 4.99 Å². The summed E-state index contributed by atoms with van der Waals surface area (Å²) in [6.07, 6.45) is 2.57. The lowest BCUT2D eigenvalue weighted by Gasteiger charge is -2.22. The Morgan fingerprint density at radius 1 is 1.12 bits per heavy atom. The summed E-state index contributed by atoms with van der Waals surface area (Å²) < 4.78 is 10.7. The second-order valence-corrected chi connectivity index (χ2v) is 9.05. The van der Waals surface area contributed by atoms with E-state index in [0.717, 1.165) is 23.2 Å². The number of aliphatic imine (C=N–C) groups is 1. The molecule has 4 rings (SSSR count). The van der Waals surface area contributed by atoms with Crippen LogP contribution >= 0.6 is 11.8 Å². The molecule has 2 aromatic carbocycles. The molecule has 0 unspecified atom stereocenters. The van der Waals surface area contributed by atoms with Gasteiger partial charge in [0.15, 0.2) is 5.17 Å². The first-order valence-electron chi connectivity index (χ1n) is 11.1. The molecule has 1 saturated heterocycles. The van der Waals surface area contributed by atoms with E-state index in [9.17, 15) is 9.59 Å². The van der Waals surface area contributed by atoms with Crippen molar-refractivity contribution < 1.29 is 18.7 Å². The molecule has 34 heavy (non-hydrogen) atoms. The molecule has 0 radical (unpaired) electrons. The molecule has 1 fully saturated rings. The fourth-order valence-electron chi connectivity index (χ4n) is 3.47. The standard InChI is InChI=1S/C27H26N2O4S/c1-5-18(3)29-25(30)24(34-27(29)28-21-12-6-17(2)7-13-21)16-22-14-15-23(33-22)19-8-10-20(11-9-19)26(31)32-4/h6-16,18H,5H2,1-4H3/b24-16+,28-27?/t18-/m1/s1. The van der Waals surface area contributed by atoms with Gasteiger partial charge < -0.3 is 9.15 Å². The second-order valence-electron chi connectivity index (χ2n) is 8.04. The van der Waals surface area contributed by atoms with Gasteiger partial charge in [-0.3, -0.25) is 9.69 Å². The van der Waals surface area contributed by atoms with Gasteiger partial charge in [0.1, 0.15) is 11.5 Å². The minimum absolute atomic E-state index is 0.0237. The number of methoxy groups -OCH3 is 1. The number of hydrogen-bond acceptors (Lipinski definition) is 6. The van der Waals surface area contributed by atoms with Crippen LogP contribution in [0, 0.1) is 6.92 Å². The fraction of sp³-hybridized carbons (Fsp3) is 0.222. The molecule has 0 spiro atoms. The van der Waals surface area contributed by atoms with Crippen LogP contribution in [-0.2, 0) is 9.53 Å². The average Bonchev–Trinajstić information content (AvgIpc) is 3.44. The minimum Gasteiger partial charge on any atom is -0.465 e. The summed E-state index contributed by atoms with van der Waals surface area (Å²) in [5.41, 5.74) is 3.27. The number of aryl methyl sites for hydroxylation is 1. The van der Waals surface area contributed by atoms with Gasteiger partial charge in [-0.2, -0.15) is 0 Å². The first kappa shape index (κ1) is 23.6. The summed E-state index contributed by atoms with van der Waals surface area (Å²) in [7, 11) is 1.35. The Balaban J connectivity index is 1.60. The fourth-order valence-corrected chi connectivity index (χ4v) is 4.54. The van der Waals surface area contributed by atoms with E-state index in [2.05, 4.69) is 6.92 Å². The zero-order valence-corrected chi connectivity index (χ0v) is 20.4. The molecule has 7 heteroatoms. The molecule has 0 N–H and O–H groups in total. The van der Waals surface area contributed by atoms with E-state index in [0.29, 0.717) is 27.2 Å². The largest absolute Gasteiger partial charge is 0.465 e. The van der Waals surface area contributed by atoms with Gasteiger partial charge in [0.05, 0.1) is 23.3 Å². The van der Waals surface area contributed by atoms with Crippen LogP contribution in [0.5, 0.6) is 0 Å². The zero-order valence-electron chi connectivity index (χ0n) is 19.6. The summed E-state index contributed by atoms with van der Waals surface area (Å²) in [4.78, 5) is 32.0. The third-order valence-corrected chi connectivity index (χ3v) is 6.60. The number of amides is 1. The molecule has 1 amide bonds. The van der Waals surface area contributed by atoms with Crippen molar-refractivity contribution in [2.75, 3.05) is 7.11 Å². The smallest absolute Gasteiger partial charge is 0.337 e. The first-order chi connectivity index (χ1) is 16.4. The normalized spacial score (nSPS) is 16.9. The minimum atomic E-state index is -0.387. The van der Waals surface area contributed by atoms with E-state index < -0.39 is 0 Å². The van der Waals surface area contributed by atoms with Crippen molar-refractivity contribution in [2.45, 2.75) is 33.2 Å². The maximum absolute atomic E-state index is 13.2. The van der Waals surface area contributed by atoms with Gasteiger partial charge in [0.2, 0.25) is 0 Å². The van der Waals surface area contributed by atoms with Gasteiger partial charge >= 0.3 is 5.97 Å². The molecule has 2 heterocycles. The Hall–Kier alpha value is -3.58. The Morgan fingerprint density at radius 2 is 1.82 bits per heavy atom. The quantitative estimate of drug-likeness (QED) is 0.303. The predicted molar refractivity (Wildman–Crippen MR) is 136 cm³/mol. The van der Waals surface area contributed by atoms with Crippen LogP contribution in [0.1, 0.15) is 41.9 Å². The van der Waals surface area contributed by atoms with Crippen molar-refractivity contribution in [1.82, 2.24) is 4.90 Å². The molecule has 174 valence electrons. The lowest BCUT2D eigenvalue weighted by molar-refractivity contribution is -0.123. The Kier molecular flexibility index (Phi) is 7.03. The summed E-state index contributed by atoms with van der Waals surface area (Å²) in [6.45, 7) is 6.11. The van der Waals surface area contributed by atoms with E-state index >= 15 is 0 Å². The number of rotatable bonds is 6.